The number of rotatable bonds is 7. The van der Waals surface area contributed by atoms with Crippen LogP contribution >= 0.6 is 18.6 Å². The van der Waals surface area contributed by atoms with E-state index < -0.39 is 7.26 Å². The van der Waals surface area contributed by atoms with Crippen molar-refractivity contribution in [1.82, 2.24) is 0 Å². The molecule has 33 heavy (non-hydrogen) atoms. The highest BCUT2D eigenvalue weighted by Gasteiger charge is 2.48. The van der Waals surface area contributed by atoms with Gasteiger partial charge in [-0.2, -0.15) is 0 Å². The Hall–Kier alpha value is -1.79. The number of carbonyl (C=O) groups is 2. The number of anilines is 1. The fourth-order valence-electron chi connectivity index (χ4n) is 4.72. The molecule has 1 saturated heterocycles. The molecule has 1 unspecified atom stereocenters. The number of amides is 1. The van der Waals surface area contributed by atoms with E-state index in [0.29, 0.717) is 10.6 Å². The molecule has 2 aromatic rings. The maximum atomic E-state index is 13.6. The van der Waals surface area contributed by atoms with E-state index in [1.807, 2.05) is 12.3 Å². The van der Waals surface area contributed by atoms with Crippen molar-refractivity contribution in [2.75, 3.05) is 31.9 Å². The molecule has 1 aromatic carbocycles. The fourth-order valence-corrected chi connectivity index (χ4v) is 11.0. The van der Waals surface area contributed by atoms with Crippen molar-refractivity contribution in [3.63, 3.8) is 0 Å². The molecule has 182 valence electrons. The zero-order chi connectivity index (χ0) is 24.3. The number of benzene rings is 1. The van der Waals surface area contributed by atoms with Gasteiger partial charge in [0.05, 0.1) is 31.3 Å². The summed E-state index contributed by atoms with van der Waals surface area (Å²) in [5.74, 6) is -0.310. The van der Waals surface area contributed by atoms with Gasteiger partial charge in [0.1, 0.15) is 10.5 Å². The van der Waals surface area contributed by atoms with Crippen molar-refractivity contribution in [3.05, 3.63) is 51.7 Å². The first-order chi connectivity index (χ1) is 15.9. The summed E-state index contributed by atoms with van der Waals surface area (Å²) in [6.07, 6.45) is 9.20. The summed E-state index contributed by atoms with van der Waals surface area (Å²) in [6, 6.07) is 10.7. The number of hydrogen-bond donors (Lipinski definition) is 1. The van der Waals surface area contributed by atoms with Gasteiger partial charge in [-0.3, -0.25) is 4.79 Å². The zero-order valence-corrected chi connectivity index (χ0v) is 21.8. The third-order valence-electron chi connectivity index (χ3n) is 6.24. The van der Waals surface area contributed by atoms with Crippen molar-refractivity contribution in [3.8, 4) is 0 Å². The fraction of sp³-hybridized carbons (Fsp3) is 0.520. The normalized spacial score (nSPS) is 16.0. The number of hydrogen-bond acceptors (Lipinski definition) is 6. The van der Waals surface area contributed by atoms with Crippen LogP contribution in [0.3, 0.4) is 0 Å². The molecule has 1 N–H and O–H groups in total. The highest BCUT2D eigenvalue weighted by Crippen LogP contribution is 2.68. The molecule has 3 rings (SSSR count). The van der Waals surface area contributed by atoms with Crippen LogP contribution in [0, 0.1) is 6.92 Å². The van der Waals surface area contributed by atoms with E-state index in [1.54, 1.807) is 0 Å². The topological polar surface area (TPSA) is 87.7 Å². The van der Waals surface area contributed by atoms with Gasteiger partial charge in [0, 0.05) is 14.4 Å². The van der Waals surface area contributed by atoms with Crippen LogP contribution in [0.1, 0.15) is 59.8 Å². The quantitative estimate of drug-likeness (QED) is 0.246. The Kier molecular flexibility index (Phi) is 11.5. The minimum atomic E-state index is -1.53. The van der Waals surface area contributed by atoms with E-state index in [2.05, 4.69) is 47.5 Å². The van der Waals surface area contributed by atoms with E-state index >= 15 is 0 Å². The molecule has 1 fully saturated rings. The van der Waals surface area contributed by atoms with Crippen molar-refractivity contribution >= 4 is 36.2 Å². The number of aryl methyl sites for hydroxylation is 1. The standard InChI is InChI=1S/C24H32NO3PS.CH4O2/c1-4-20(23(26)25-21-18(2)17-30-22(21)24(27)28-3)29(14-10-5-6-11-15-29)16-19-12-8-7-9-13-19;1-3-2/h7-9,12-13,17,20H,4-6,10-11,14-16H2,1-3H3;2H,1H3. The molecule has 0 saturated carbocycles. The SMILES string of the molecule is CCC(C(=O)Nc1c(C)csc1C(=O)OC)[P+]1(Cc2ccccc2)CCCCCC1.CO[O-]. The van der Waals surface area contributed by atoms with Crippen molar-refractivity contribution in [2.45, 2.75) is 57.8 Å². The minimum absolute atomic E-state index is 0.0144. The summed E-state index contributed by atoms with van der Waals surface area (Å²) in [6.45, 7) is 4.07. The van der Waals surface area contributed by atoms with Crippen LogP contribution in [0.4, 0.5) is 5.69 Å². The number of thiophene rings is 1. The maximum Gasteiger partial charge on any atom is 0.350 e. The van der Waals surface area contributed by atoms with Gasteiger partial charge >= 0.3 is 5.97 Å². The van der Waals surface area contributed by atoms with Gasteiger partial charge in [0.2, 0.25) is 0 Å². The molecule has 1 amide bonds. The second-order valence-corrected chi connectivity index (χ2v) is 13.6. The molecule has 0 spiro atoms. The Morgan fingerprint density at radius 2 is 1.73 bits per heavy atom. The zero-order valence-electron chi connectivity index (χ0n) is 20.1. The van der Waals surface area contributed by atoms with Gasteiger partial charge in [0.25, 0.3) is 5.91 Å². The van der Waals surface area contributed by atoms with Crippen molar-refractivity contribution in [1.29, 1.82) is 0 Å². The van der Waals surface area contributed by atoms with Crippen molar-refractivity contribution in [2.24, 2.45) is 0 Å². The van der Waals surface area contributed by atoms with E-state index in [0.717, 1.165) is 25.3 Å². The van der Waals surface area contributed by atoms with Gasteiger partial charge in [-0.25, -0.2) is 4.79 Å². The Bertz CT molecular complexity index is 878. The van der Waals surface area contributed by atoms with Crippen LogP contribution in [0.2, 0.25) is 0 Å². The van der Waals surface area contributed by atoms with Crippen LogP contribution in [-0.4, -0.2) is 44.1 Å². The number of esters is 1. The van der Waals surface area contributed by atoms with Crippen LogP contribution in [0.25, 0.3) is 0 Å². The number of nitrogens with one attached hydrogen (secondary N) is 1. The number of carbonyl (C=O) groups excluding carboxylic acids is 2. The second kappa shape index (κ2) is 13.8. The van der Waals surface area contributed by atoms with Gasteiger partial charge in [-0.15, -0.1) is 11.3 Å². The van der Waals surface area contributed by atoms with Gasteiger partial charge in [-0.1, -0.05) is 37.3 Å². The third-order valence-corrected chi connectivity index (χ3v) is 12.7. The lowest BCUT2D eigenvalue weighted by molar-refractivity contribution is -0.679. The molecule has 0 aliphatic carbocycles. The Balaban J connectivity index is 0.00000122. The molecule has 1 atom stereocenters. The molecular formula is C25H36NO5PS. The smallest absolute Gasteiger partial charge is 0.350 e. The van der Waals surface area contributed by atoms with Crippen molar-refractivity contribution < 1.29 is 24.5 Å². The van der Waals surface area contributed by atoms with E-state index in [1.165, 1.54) is 62.0 Å². The van der Waals surface area contributed by atoms with E-state index in [-0.39, 0.29) is 17.5 Å². The van der Waals surface area contributed by atoms with E-state index in [9.17, 15) is 9.59 Å². The Labute approximate surface area is 202 Å². The summed E-state index contributed by atoms with van der Waals surface area (Å²) in [5, 5.41) is 13.5. The number of ether oxygens (including phenoxy) is 1. The van der Waals surface area contributed by atoms with Gasteiger partial charge < -0.3 is 20.2 Å². The second-order valence-electron chi connectivity index (χ2n) is 8.42. The highest BCUT2D eigenvalue weighted by molar-refractivity contribution is 7.76. The molecule has 0 bridgehead atoms. The monoisotopic (exact) mass is 493 g/mol. The molecule has 1 aromatic heterocycles. The van der Waals surface area contributed by atoms with Crippen LogP contribution in [-0.2, 0) is 20.6 Å². The molecule has 1 aliphatic heterocycles. The molecule has 1 aliphatic rings. The summed E-state index contributed by atoms with van der Waals surface area (Å²) in [4.78, 5) is 29.3. The van der Waals surface area contributed by atoms with E-state index in [4.69, 9.17) is 9.99 Å². The largest absolute Gasteiger partial charge is 0.724 e. The lowest BCUT2D eigenvalue weighted by Crippen LogP contribution is -2.33. The highest BCUT2D eigenvalue weighted by atomic mass is 32.1. The predicted molar refractivity (Wildman–Crippen MR) is 135 cm³/mol. The molecule has 0 radical (unpaired) electrons. The molecule has 6 nitrogen and oxygen atoms in total. The summed E-state index contributed by atoms with van der Waals surface area (Å²) in [5.41, 5.74) is 2.91. The first-order valence-electron chi connectivity index (χ1n) is 11.4. The number of methoxy groups -OCH3 is 1. The maximum absolute atomic E-state index is 13.6. The summed E-state index contributed by atoms with van der Waals surface area (Å²) < 4.78 is 4.92. The lowest BCUT2D eigenvalue weighted by Gasteiger charge is -2.33. The van der Waals surface area contributed by atoms with Gasteiger partial charge in [0.15, 0.2) is 0 Å². The lowest BCUT2D eigenvalue weighted by atomic mass is 10.2. The third kappa shape index (κ3) is 7.35. The predicted octanol–water partition coefficient (Wildman–Crippen LogP) is 5.26. The van der Waals surface area contributed by atoms with Crippen LogP contribution in [0.5, 0.6) is 0 Å². The van der Waals surface area contributed by atoms with Crippen LogP contribution < -0.4 is 10.6 Å². The average molecular weight is 494 g/mol. The molecule has 8 heteroatoms. The van der Waals surface area contributed by atoms with Crippen LogP contribution in [0.15, 0.2) is 35.7 Å². The average Bonchev–Trinajstić information content (AvgIpc) is 3.01. The molecular weight excluding hydrogens is 457 g/mol. The summed E-state index contributed by atoms with van der Waals surface area (Å²) in [7, 11) is 0.922. The molecule has 2 heterocycles. The Morgan fingerprint density at radius 3 is 2.27 bits per heavy atom. The first kappa shape index (κ1) is 27.5. The Morgan fingerprint density at radius 1 is 1.12 bits per heavy atom. The minimum Gasteiger partial charge on any atom is -0.724 e. The first-order valence-corrected chi connectivity index (χ1v) is 14.7. The van der Waals surface area contributed by atoms with Gasteiger partial charge in [-0.05, 0) is 55.5 Å². The summed E-state index contributed by atoms with van der Waals surface area (Å²) >= 11 is 1.33.